The summed E-state index contributed by atoms with van der Waals surface area (Å²) in [6, 6.07) is 5.86. The Hall–Kier alpha value is -2.17. The quantitative estimate of drug-likeness (QED) is 0.913. The van der Waals surface area contributed by atoms with E-state index in [1.165, 1.54) is 24.9 Å². The number of nitrogens with one attached hydrogen (secondary N) is 1. The SMILES string of the molecule is c1cnc(Nc2ccc(N3CCCCC3)cn2)nc1. The van der Waals surface area contributed by atoms with E-state index in [1.807, 2.05) is 12.3 Å². The van der Waals surface area contributed by atoms with Crippen LogP contribution in [0.3, 0.4) is 0 Å². The lowest BCUT2D eigenvalue weighted by atomic mass is 10.1. The van der Waals surface area contributed by atoms with Crippen LogP contribution in [-0.4, -0.2) is 28.0 Å². The smallest absolute Gasteiger partial charge is 0.228 e. The monoisotopic (exact) mass is 255 g/mol. The summed E-state index contributed by atoms with van der Waals surface area (Å²) >= 11 is 0. The van der Waals surface area contributed by atoms with Crippen LogP contribution in [0.25, 0.3) is 0 Å². The van der Waals surface area contributed by atoms with Crippen molar-refractivity contribution in [2.45, 2.75) is 19.3 Å². The van der Waals surface area contributed by atoms with Gasteiger partial charge in [-0.05, 0) is 37.5 Å². The molecular weight excluding hydrogens is 238 g/mol. The number of hydrogen-bond donors (Lipinski definition) is 1. The second-order valence-electron chi connectivity index (χ2n) is 4.65. The van der Waals surface area contributed by atoms with Crippen molar-refractivity contribution in [3.05, 3.63) is 36.8 Å². The van der Waals surface area contributed by atoms with Crippen LogP contribution in [0.5, 0.6) is 0 Å². The van der Waals surface area contributed by atoms with Gasteiger partial charge in [-0.25, -0.2) is 15.0 Å². The average Bonchev–Trinajstić information content (AvgIpc) is 2.50. The Morgan fingerprint density at radius 3 is 2.42 bits per heavy atom. The third kappa shape index (κ3) is 2.99. The molecule has 0 atom stereocenters. The van der Waals surface area contributed by atoms with Crippen molar-refractivity contribution in [2.24, 2.45) is 0 Å². The topological polar surface area (TPSA) is 53.9 Å². The van der Waals surface area contributed by atoms with Crippen LogP contribution in [0.2, 0.25) is 0 Å². The Kier molecular flexibility index (Phi) is 3.54. The molecule has 0 unspecified atom stereocenters. The highest BCUT2D eigenvalue weighted by molar-refractivity contribution is 5.53. The van der Waals surface area contributed by atoms with Crippen LogP contribution in [0.4, 0.5) is 17.5 Å². The van der Waals surface area contributed by atoms with Crippen LogP contribution in [0.15, 0.2) is 36.8 Å². The molecule has 19 heavy (non-hydrogen) atoms. The van der Waals surface area contributed by atoms with Gasteiger partial charge in [-0.15, -0.1) is 0 Å². The fourth-order valence-electron chi connectivity index (χ4n) is 2.28. The summed E-state index contributed by atoms with van der Waals surface area (Å²) in [7, 11) is 0. The Labute approximate surface area is 112 Å². The van der Waals surface area contributed by atoms with Crippen molar-refractivity contribution in [3.8, 4) is 0 Å². The predicted molar refractivity (Wildman–Crippen MR) is 75.6 cm³/mol. The van der Waals surface area contributed by atoms with Crippen molar-refractivity contribution in [3.63, 3.8) is 0 Å². The highest BCUT2D eigenvalue weighted by Crippen LogP contribution is 2.20. The Morgan fingerprint density at radius 1 is 0.947 bits per heavy atom. The molecule has 1 saturated heterocycles. The highest BCUT2D eigenvalue weighted by Gasteiger charge is 2.10. The predicted octanol–water partition coefficient (Wildman–Crippen LogP) is 2.61. The molecule has 0 aliphatic carbocycles. The van der Waals surface area contributed by atoms with Crippen LogP contribution in [0.1, 0.15) is 19.3 Å². The van der Waals surface area contributed by atoms with E-state index in [0.29, 0.717) is 5.95 Å². The molecule has 98 valence electrons. The van der Waals surface area contributed by atoms with Gasteiger partial charge >= 0.3 is 0 Å². The summed E-state index contributed by atoms with van der Waals surface area (Å²) in [4.78, 5) is 15.0. The van der Waals surface area contributed by atoms with Gasteiger partial charge in [-0.2, -0.15) is 0 Å². The van der Waals surface area contributed by atoms with E-state index in [4.69, 9.17) is 0 Å². The Bertz CT molecular complexity index is 505. The minimum absolute atomic E-state index is 0.570. The normalized spacial score (nSPS) is 15.3. The van der Waals surface area contributed by atoms with E-state index >= 15 is 0 Å². The first kappa shape index (κ1) is 11.9. The van der Waals surface area contributed by atoms with Gasteiger partial charge in [0, 0.05) is 25.5 Å². The minimum Gasteiger partial charge on any atom is -0.370 e. The van der Waals surface area contributed by atoms with Gasteiger partial charge in [0.2, 0.25) is 5.95 Å². The largest absolute Gasteiger partial charge is 0.370 e. The molecule has 5 nitrogen and oxygen atoms in total. The summed E-state index contributed by atoms with van der Waals surface area (Å²) in [5, 5.41) is 3.08. The molecule has 1 N–H and O–H groups in total. The molecule has 0 spiro atoms. The lowest BCUT2D eigenvalue weighted by Gasteiger charge is -2.28. The third-order valence-electron chi connectivity index (χ3n) is 3.27. The fraction of sp³-hybridized carbons (Fsp3) is 0.357. The molecule has 1 aliphatic rings. The molecule has 3 heterocycles. The second kappa shape index (κ2) is 5.65. The minimum atomic E-state index is 0.570. The zero-order valence-electron chi connectivity index (χ0n) is 10.8. The number of rotatable bonds is 3. The van der Waals surface area contributed by atoms with Gasteiger partial charge in [-0.1, -0.05) is 0 Å². The maximum atomic E-state index is 4.42. The van der Waals surface area contributed by atoms with Crippen molar-refractivity contribution in [1.29, 1.82) is 0 Å². The lowest BCUT2D eigenvalue weighted by Crippen LogP contribution is -2.29. The molecular formula is C14H17N5. The van der Waals surface area contributed by atoms with Crippen molar-refractivity contribution >= 4 is 17.5 Å². The van der Waals surface area contributed by atoms with E-state index in [-0.39, 0.29) is 0 Å². The maximum absolute atomic E-state index is 4.42. The van der Waals surface area contributed by atoms with E-state index in [9.17, 15) is 0 Å². The zero-order valence-corrected chi connectivity index (χ0v) is 10.8. The Morgan fingerprint density at radius 2 is 1.74 bits per heavy atom. The van der Waals surface area contributed by atoms with E-state index in [2.05, 4.69) is 31.2 Å². The van der Waals surface area contributed by atoms with Crippen LogP contribution in [-0.2, 0) is 0 Å². The number of aromatic nitrogens is 3. The molecule has 5 heteroatoms. The van der Waals surface area contributed by atoms with Crippen LogP contribution >= 0.6 is 0 Å². The number of anilines is 3. The molecule has 0 bridgehead atoms. The van der Waals surface area contributed by atoms with E-state index in [0.717, 1.165) is 18.9 Å². The van der Waals surface area contributed by atoms with Gasteiger partial charge in [0.05, 0.1) is 11.9 Å². The summed E-state index contributed by atoms with van der Waals surface area (Å²) in [5.74, 6) is 1.34. The van der Waals surface area contributed by atoms with Crippen LogP contribution < -0.4 is 10.2 Å². The fourth-order valence-corrected chi connectivity index (χ4v) is 2.28. The molecule has 0 saturated carbocycles. The highest BCUT2D eigenvalue weighted by atomic mass is 15.2. The van der Waals surface area contributed by atoms with Gasteiger partial charge in [0.1, 0.15) is 5.82 Å². The molecule has 2 aromatic heterocycles. The maximum Gasteiger partial charge on any atom is 0.228 e. The van der Waals surface area contributed by atoms with Gasteiger partial charge in [0.25, 0.3) is 0 Å². The number of piperidine rings is 1. The van der Waals surface area contributed by atoms with E-state index < -0.39 is 0 Å². The van der Waals surface area contributed by atoms with Gasteiger partial charge in [0.15, 0.2) is 0 Å². The van der Waals surface area contributed by atoms with Gasteiger partial charge < -0.3 is 10.2 Å². The molecule has 3 rings (SSSR count). The molecule has 0 radical (unpaired) electrons. The summed E-state index contributed by atoms with van der Waals surface area (Å²) in [5.41, 5.74) is 1.19. The second-order valence-corrected chi connectivity index (χ2v) is 4.65. The number of nitrogens with zero attached hydrogens (tertiary/aromatic N) is 4. The molecule has 0 aromatic carbocycles. The first-order valence-corrected chi connectivity index (χ1v) is 6.67. The molecule has 1 aliphatic heterocycles. The van der Waals surface area contributed by atoms with Crippen LogP contribution in [0, 0.1) is 0 Å². The summed E-state index contributed by atoms with van der Waals surface area (Å²) in [6.45, 7) is 2.27. The first-order valence-electron chi connectivity index (χ1n) is 6.67. The average molecular weight is 255 g/mol. The van der Waals surface area contributed by atoms with Gasteiger partial charge in [-0.3, -0.25) is 0 Å². The lowest BCUT2D eigenvalue weighted by molar-refractivity contribution is 0.577. The zero-order chi connectivity index (χ0) is 12.9. The molecule has 0 amide bonds. The van der Waals surface area contributed by atoms with Crippen molar-refractivity contribution < 1.29 is 0 Å². The third-order valence-corrected chi connectivity index (χ3v) is 3.27. The van der Waals surface area contributed by atoms with Crippen molar-refractivity contribution in [1.82, 2.24) is 15.0 Å². The standard InChI is InChI=1S/C14H17N5/c1-2-9-19(10-3-1)12-5-6-13(17-11-12)18-14-15-7-4-8-16-14/h4-8,11H,1-3,9-10H2,(H,15,16,17,18). The molecule has 2 aromatic rings. The first-order chi connectivity index (χ1) is 9.42. The summed E-state index contributed by atoms with van der Waals surface area (Å²) in [6.07, 6.45) is 9.22. The summed E-state index contributed by atoms with van der Waals surface area (Å²) < 4.78 is 0. The Balaban J connectivity index is 1.68. The van der Waals surface area contributed by atoms with Crippen molar-refractivity contribution in [2.75, 3.05) is 23.3 Å². The number of pyridine rings is 1. The van der Waals surface area contributed by atoms with E-state index in [1.54, 1.807) is 18.5 Å². The number of hydrogen-bond acceptors (Lipinski definition) is 5. The molecule has 1 fully saturated rings.